The number of unbranched alkanes of at least 4 members (excludes halogenated alkanes) is 32. The second kappa shape index (κ2) is 59.8. The number of carbonyl (C=O) groups excluding carboxylic acids is 4. The van der Waals surface area contributed by atoms with Crippen LogP contribution >= 0.6 is 15.6 Å². The summed E-state index contributed by atoms with van der Waals surface area (Å²) in [6.07, 6.45) is 41.9. The first kappa shape index (κ1) is 87.1. The average molecular weight is 1310 g/mol. The lowest BCUT2D eigenvalue weighted by molar-refractivity contribution is -0.161. The normalized spacial score (nSPS) is 14.6. The van der Waals surface area contributed by atoms with Crippen LogP contribution in [-0.2, 0) is 65.4 Å². The minimum Gasteiger partial charge on any atom is -0.462 e. The summed E-state index contributed by atoms with van der Waals surface area (Å²) in [4.78, 5) is 72.5. The van der Waals surface area contributed by atoms with E-state index in [1.165, 1.54) is 141 Å². The van der Waals surface area contributed by atoms with Gasteiger partial charge in [0, 0.05) is 25.7 Å². The highest BCUT2D eigenvalue weighted by Gasteiger charge is 2.30. The number of phosphoric acid groups is 2. The molecule has 17 nitrogen and oxygen atoms in total. The predicted octanol–water partition coefficient (Wildman–Crippen LogP) is 19.7. The Bertz CT molecular complexity index is 1770. The Hall–Kier alpha value is -1.94. The van der Waals surface area contributed by atoms with Crippen LogP contribution in [-0.4, -0.2) is 96.7 Å². The summed E-state index contributed by atoms with van der Waals surface area (Å²) < 4.78 is 68.2. The van der Waals surface area contributed by atoms with E-state index in [-0.39, 0.29) is 25.7 Å². The molecule has 0 saturated carbocycles. The van der Waals surface area contributed by atoms with E-state index in [4.69, 9.17) is 37.0 Å². The lowest BCUT2D eigenvalue weighted by Crippen LogP contribution is -2.30. The zero-order valence-corrected chi connectivity index (χ0v) is 59.8. The van der Waals surface area contributed by atoms with Crippen LogP contribution in [0.5, 0.6) is 0 Å². The summed E-state index contributed by atoms with van der Waals surface area (Å²) in [5.41, 5.74) is 0. The Morgan fingerprint density at radius 2 is 0.539 bits per heavy atom. The molecule has 0 heterocycles. The molecule has 0 aliphatic carbocycles. The molecular weight excluding hydrogens is 1170 g/mol. The molecule has 528 valence electrons. The van der Waals surface area contributed by atoms with Crippen molar-refractivity contribution in [2.24, 2.45) is 23.7 Å². The van der Waals surface area contributed by atoms with E-state index < -0.39 is 97.5 Å². The minimum atomic E-state index is -4.95. The van der Waals surface area contributed by atoms with Gasteiger partial charge in [-0.05, 0) is 49.4 Å². The highest BCUT2D eigenvalue weighted by molar-refractivity contribution is 7.47. The van der Waals surface area contributed by atoms with E-state index in [9.17, 15) is 43.2 Å². The van der Waals surface area contributed by atoms with Crippen LogP contribution in [0, 0.1) is 23.7 Å². The number of rotatable bonds is 67. The van der Waals surface area contributed by atoms with Crippen LogP contribution in [0.15, 0.2) is 0 Å². The van der Waals surface area contributed by atoms with E-state index >= 15 is 0 Å². The fourth-order valence-electron chi connectivity index (χ4n) is 10.5. The number of carbonyl (C=O) groups is 4. The average Bonchev–Trinajstić information content (AvgIpc) is 3.60. The molecule has 0 rings (SSSR count). The van der Waals surface area contributed by atoms with Gasteiger partial charge in [-0.2, -0.15) is 0 Å². The first-order valence-electron chi connectivity index (χ1n) is 36.2. The lowest BCUT2D eigenvalue weighted by Gasteiger charge is -2.21. The van der Waals surface area contributed by atoms with Gasteiger partial charge in [-0.15, -0.1) is 0 Å². The summed E-state index contributed by atoms with van der Waals surface area (Å²) in [5, 5.41) is 10.6. The molecule has 0 aliphatic rings. The molecule has 0 saturated heterocycles. The van der Waals surface area contributed by atoms with Gasteiger partial charge in [-0.25, -0.2) is 9.13 Å². The van der Waals surface area contributed by atoms with E-state index in [0.717, 1.165) is 108 Å². The molecule has 6 atom stereocenters. The van der Waals surface area contributed by atoms with Gasteiger partial charge in [-0.1, -0.05) is 293 Å². The molecule has 0 amide bonds. The van der Waals surface area contributed by atoms with Crippen LogP contribution < -0.4 is 0 Å². The van der Waals surface area contributed by atoms with Gasteiger partial charge in [0.05, 0.1) is 26.4 Å². The number of aliphatic hydroxyl groups excluding tert-OH is 1. The van der Waals surface area contributed by atoms with Crippen LogP contribution in [0.4, 0.5) is 0 Å². The van der Waals surface area contributed by atoms with Gasteiger partial charge in [0.2, 0.25) is 0 Å². The van der Waals surface area contributed by atoms with Crippen LogP contribution in [0.1, 0.15) is 344 Å². The smallest absolute Gasteiger partial charge is 0.462 e. The Labute approximate surface area is 543 Å². The number of hydrogen-bond donors (Lipinski definition) is 3. The number of esters is 4. The van der Waals surface area contributed by atoms with Gasteiger partial charge < -0.3 is 33.8 Å². The summed E-state index contributed by atoms with van der Waals surface area (Å²) in [6.45, 7) is 14.0. The molecular formula is C70H136O17P2. The molecule has 4 unspecified atom stereocenters. The molecule has 0 aromatic carbocycles. The number of aliphatic hydroxyl groups is 1. The summed E-state index contributed by atoms with van der Waals surface area (Å²) in [7, 11) is -9.90. The molecule has 89 heavy (non-hydrogen) atoms. The van der Waals surface area contributed by atoms with Gasteiger partial charge in [-0.3, -0.25) is 37.3 Å². The topological polar surface area (TPSA) is 237 Å². The van der Waals surface area contributed by atoms with Gasteiger partial charge >= 0.3 is 39.5 Å². The Kier molecular flexibility index (Phi) is 58.5. The van der Waals surface area contributed by atoms with E-state index in [0.29, 0.717) is 37.5 Å². The molecule has 0 radical (unpaired) electrons. The number of ether oxygens (including phenoxy) is 4. The van der Waals surface area contributed by atoms with Gasteiger partial charge in [0.25, 0.3) is 0 Å². The minimum absolute atomic E-state index is 0.102. The Balaban J connectivity index is 5.21. The third kappa shape index (κ3) is 63.2. The fourth-order valence-corrected chi connectivity index (χ4v) is 12.0. The van der Waals surface area contributed by atoms with Crippen molar-refractivity contribution in [1.29, 1.82) is 0 Å². The first-order valence-corrected chi connectivity index (χ1v) is 39.2. The maximum Gasteiger partial charge on any atom is 0.472 e. The van der Waals surface area contributed by atoms with Crippen molar-refractivity contribution in [3.05, 3.63) is 0 Å². The number of hydrogen-bond acceptors (Lipinski definition) is 15. The first-order chi connectivity index (χ1) is 42.6. The van der Waals surface area contributed by atoms with E-state index in [1.54, 1.807) is 0 Å². The maximum atomic E-state index is 13.0. The van der Waals surface area contributed by atoms with Crippen molar-refractivity contribution in [2.75, 3.05) is 39.6 Å². The van der Waals surface area contributed by atoms with Crippen molar-refractivity contribution in [3.63, 3.8) is 0 Å². The molecule has 0 aromatic rings. The molecule has 0 fully saturated rings. The number of phosphoric ester groups is 2. The molecule has 0 bridgehead atoms. The summed E-state index contributed by atoms with van der Waals surface area (Å²) >= 11 is 0. The van der Waals surface area contributed by atoms with Crippen molar-refractivity contribution in [1.82, 2.24) is 0 Å². The highest BCUT2D eigenvalue weighted by atomic mass is 31.2. The van der Waals surface area contributed by atoms with Gasteiger partial charge in [0.15, 0.2) is 12.2 Å². The van der Waals surface area contributed by atoms with Crippen molar-refractivity contribution in [3.8, 4) is 0 Å². The Morgan fingerprint density at radius 3 is 0.798 bits per heavy atom. The zero-order chi connectivity index (χ0) is 66.1. The molecule has 0 aliphatic heterocycles. The summed E-state index contributed by atoms with van der Waals surface area (Å²) in [5.74, 6) is 0.840. The van der Waals surface area contributed by atoms with Gasteiger partial charge in [0.1, 0.15) is 19.3 Å². The third-order valence-electron chi connectivity index (χ3n) is 16.4. The van der Waals surface area contributed by atoms with E-state index in [1.807, 2.05) is 0 Å². The SMILES string of the molecule is CCC(C)CCCCCCCCCCCCCCCCC(=O)O[C@H](COC(=O)CCCCCCCCCC(C)C)COP(=O)(O)OCC(O)COP(=O)(O)OC[C@@H](COC(=O)CCCCCCCCCCC(C)C)OC(=O)CCCCCCCCCC(C)C. The molecule has 0 aromatic heterocycles. The summed E-state index contributed by atoms with van der Waals surface area (Å²) in [6, 6.07) is 0. The quantitative estimate of drug-likeness (QED) is 0.0222. The monoisotopic (exact) mass is 1310 g/mol. The maximum absolute atomic E-state index is 13.0. The molecule has 19 heteroatoms. The van der Waals surface area contributed by atoms with Crippen LogP contribution in [0.25, 0.3) is 0 Å². The standard InChI is InChI=1S/C70H136O17P2/c1-9-63(8)49-41-33-25-16-14-12-10-11-13-15-17-27-36-44-52-69(74)86-65(57-81-68(73)51-43-35-28-20-23-31-39-47-61(4)5)58-84-88(76,77)82-54-64(71)55-83-89(78,79)85-59-66(87-70(75)53-45-37-29-21-24-32-40-48-62(6)7)56-80-67(72)50-42-34-26-19-18-22-30-38-46-60(2)3/h60-66,71H,9-59H2,1-8H3,(H,76,77)(H,78,79)/t63?,64?,65-,66-/m1/s1. The predicted molar refractivity (Wildman–Crippen MR) is 358 cm³/mol. The molecule has 0 spiro atoms. The Morgan fingerprint density at radius 1 is 0.315 bits per heavy atom. The third-order valence-corrected chi connectivity index (χ3v) is 18.3. The van der Waals surface area contributed by atoms with E-state index in [2.05, 4.69) is 55.4 Å². The van der Waals surface area contributed by atoms with Crippen LogP contribution in [0.2, 0.25) is 0 Å². The second-order valence-electron chi connectivity index (χ2n) is 26.9. The highest BCUT2D eigenvalue weighted by Crippen LogP contribution is 2.45. The van der Waals surface area contributed by atoms with Crippen molar-refractivity contribution < 1.29 is 80.2 Å². The van der Waals surface area contributed by atoms with Crippen molar-refractivity contribution >= 4 is 39.5 Å². The second-order valence-corrected chi connectivity index (χ2v) is 29.8. The largest absolute Gasteiger partial charge is 0.472 e. The van der Waals surface area contributed by atoms with Crippen LogP contribution in [0.3, 0.4) is 0 Å². The fraction of sp³-hybridized carbons (Fsp3) is 0.943. The van der Waals surface area contributed by atoms with Crippen molar-refractivity contribution in [2.45, 2.75) is 363 Å². The zero-order valence-electron chi connectivity index (χ0n) is 58.1. The molecule has 3 N–H and O–H groups in total. The lowest BCUT2D eigenvalue weighted by atomic mass is 9.99.